The van der Waals surface area contributed by atoms with Crippen molar-refractivity contribution in [2.24, 2.45) is 0 Å². The Balaban J connectivity index is 4.09. The van der Waals surface area contributed by atoms with E-state index >= 15 is 0 Å². The van der Waals surface area contributed by atoms with E-state index in [2.05, 4.69) is 22.3 Å². The molecule has 2 amide bonds. The predicted molar refractivity (Wildman–Crippen MR) is 157 cm³/mol. The van der Waals surface area contributed by atoms with Crippen LogP contribution in [0, 0.1) is 0 Å². The van der Waals surface area contributed by atoms with E-state index < -0.39 is 45.7 Å². The summed E-state index contributed by atoms with van der Waals surface area (Å²) < 4.78 is 41.0. The Morgan fingerprint density at radius 1 is 0.825 bits per heavy atom. The number of hydrogen-bond acceptors (Lipinski definition) is 9. The van der Waals surface area contributed by atoms with E-state index in [4.69, 9.17) is 9.29 Å². The van der Waals surface area contributed by atoms with Gasteiger partial charge in [-0.15, -0.1) is 0 Å². The second-order valence-electron chi connectivity index (χ2n) is 9.87. The molecule has 0 saturated heterocycles. The highest BCUT2D eigenvalue weighted by Gasteiger charge is 2.30. The minimum absolute atomic E-state index is 0.0849. The number of hydrogen-bond donors (Lipinski definition) is 3. The summed E-state index contributed by atoms with van der Waals surface area (Å²) in [6, 6.07) is -2.72. The molecule has 0 rings (SSSR count). The van der Waals surface area contributed by atoms with Crippen LogP contribution in [0.3, 0.4) is 0 Å². The summed E-state index contributed by atoms with van der Waals surface area (Å²) in [6.07, 6.45) is 16.4. The Kier molecular flexibility index (Phi) is 22.7. The van der Waals surface area contributed by atoms with Crippen molar-refractivity contribution in [2.75, 3.05) is 31.0 Å². The number of thioether (sulfide) groups is 1. The fourth-order valence-corrected chi connectivity index (χ4v) is 5.48. The molecular formula is C27H50N2O9S2. The van der Waals surface area contributed by atoms with Gasteiger partial charge in [0, 0.05) is 24.9 Å². The maximum Gasteiger partial charge on any atom is 0.329 e. The number of esters is 2. The van der Waals surface area contributed by atoms with E-state index in [0.717, 1.165) is 26.4 Å². The Bertz CT molecular complexity index is 838. The van der Waals surface area contributed by atoms with Gasteiger partial charge in [0.05, 0.1) is 7.11 Å². The van der Waals surface area contributed by atoms with Crippen molar-refractivity contribution < 1.29 is 41.6 Å². The largest absolute Gasteiger partial charge is 0.467 e. The van der Waals surface area contributed by atoms with E-state index in [9.17, 15) is 27.6 Å². The van der Waals surface area contributed by atoms with Gasteiger partial charge in [0.15, 0.2) is 0 Å². The molecule has 0 radical (unpaired) electrons. The van der Waals surface area contributed by atoms with Crippen molar-refractivity contribution in [3.05, 3.63) is 0 Å². The first-order valence-corrected chi connectivity index (χ1v) is 17.1. The molecule has 11 nitrogen and oxygen atoms in total. The molecule has 0 heterocycles. The van der Waals surface area contributed by atoms with Gasteiger partial charge in [0.2, 0.25) is 11.8 Å². The molecule has 0 saturated carbocycles. The molecule has 0 aromatic heterocycles. The molecule has 13 heteroatoms. The molecule has 3 N–H and O–H groups in total. The summed E-state index contributed by atoms with van der Waals surface area (Å²) in [6.45, 7) is 3.58. The summed E-state index contributed by atoms with van der Waals surface area (Å²) >= 11 is 1.24. The van der Waals surface area contributed by atoms with Crippen LogP contribution in [0.15, 0.2) is 0 Å². The second-order valence-corrected chi connectivity index (χ2v) is 12.5. The van der Waals surface area contributed by atoms with Gasteiger partial charge in [-0.1, -0.05) is 84.0 Å². The lowest BCUT2D eigenvalue weighted by Gasteiger charge is -2.21. The fraction of sp³-hybridized carbons (Fsp3) is 0.852. The van der Waals surface area contributed by atoms with Crippen molar-refractivity contribution in [2.45, 2.75) is 116 Å². The van der Waals surface area contributed by atoms with Gasteiger partial charge in [-0.05, 0) is 6.42 Å². The van der Waals surface area contributed by atoms with Crippen molar-refractivity contribution in [1.29, 1.82) is 0 Å². The van der Waals surface area contributed by atoms with Gasteiger partial charge in [-0.2, -0.15) is 20.2 Å². The number of ether oxygens (including phenoxy) is 2. The molecule has 234 valence electrons. The van der Waals surface area contributed by atoms with E-state index in [-0.39, 0.29) is 18.3 Å². The van der Waals surface area contributed by atoms with E-state index in [1.165, 1.54) is 82.9 Å². The molecule has 40 heavy (non-hydrogen) atoms. The van der Waals surface area contributed by atoms with Crippen LogP contribution in [0.4, 0.5) is 0 Å². The minimum Gasteiger partial charge on any atom is -0.467 e. The van der Waals surface area contributed by atoms with E-state index in [0.29, 0.717) is 12.2 Å². The number of amides is 2. The molecular weight excluding hydrogens is 560 g/mol. The zero-order chi connectivity index (χ0) is 30.2. The maximum atomic E-state index is 12.6. The molecule has 2 atom stereocenters. The SMILES string of the molecule is CCCCCCCCCCCCCCCC(=O)OCCSC[C@H](NC(C)=O)C(=O)N[C@@H](CS(=O)(=O)O)C(=O)OC. The highest BCUT2D eigenvalue weighted by molar-refractivity contribution is 7.99. The first-order valence-electron chi connectivity index (χ1n) is 14.3. The average Bonchev–Trinajstić information content (AvgIpc) is 2.88. The first-order chi connectivity index (χ1) is 19.0. The standard InChI is InChI=1S/C27H50N2O9S2/c1-4-5-6-7-8-9-10-11-12-13-14-15-16-17-25(31)38-18-19-39-20-23(28-22(2)30)26(32)29-24(27(33)37-3)21-40(34,35)36/h23-24H,4-21H2,1-3H3,(H,28,30)(H,29,32)(H,34,35,36)/t23-,24-/m0/s1. The number of carbonyl (C=O) groups is 4. The van der Waals surface area contributed by atoms with Gasteiger partial charge >= 0.3 is 11.9 Å². The molecule has 0 unspecified atom stereocenters. The Morgan fingerprint density at radius 3 is 1.82 bits per heavy atom. The third-order valence-electron chi connectivity index (χ3n) is 6.13. The van der Waals surface area contributed by atoms with Crippen molar-refractivity contribution in [1.82, 2.24) is 10.6 Å². The van der Waals surface area contributed by atoms with E-state index in [1.54, 1.807) is 0 Å². The van der Waals surface area contributed by atoms with Crippen molar-refractivity contribution in [3.8, 4) is 0 Å². The van der Waals surface area contributed by atoms with Crippen LogP contribution >= 0.6 is 11.8 Å². The number of methoxy groups -OCH3 is 1. The lowest BCUT2D eigenvalue weighted by Crippen LogP contribution is -2.54. The maximum absolute atomic E-state index is 12.6. The zero-order valence-electron chi connectivity index (χ0n) is 24.4. The normalized spacial score (nSPS) is 12.8. The van der Waals surface area contributed by atoms with Gasteiger partial charge < -0.3 is 20.1 Å². The second kappa shape index (κ2) is 23.8. The number of unbranched alkanes of at least 4 members (excludes halogenated alkanes) is 12. The number of rotatable bonds is 25. The first kappa shape index (κ1) is 38.1. The minimum atomic E-state index is -4.58. The summed E-state index contributed by atoms with van der Waals surface area (Å²) in [4.78, 5) is 47.8. The zero-order valence-corrected chi connectivity index (χ0v) is 26.0. The van der Waals surface area contributed by atoms with Crippen molar-refractivity contribution in [3.63, 3.8) is 0 Å². The van der Waals surface area contributed by atoms with Gasteiger partial charge in [-0.25, -0.2) is 4.79 Å². The molecule has 0 aliphatic carbocycles. The molecule has 0 aromatic carbocycles. The van der Waals surface area contributed by atoms with Crippen LogP contribution in [-0.4, -0.2) is 79.8 Å². The van der Waals surface area contributed by atoms with Crippen LogP contribution in [0.25, 0.3) is 0 Å². The third kappa shape index (κ3) is 22.9. The monoisotopic (exact) mass is 610 g/mol. The molecule has 0 fully saturated rings. The highest BCUT2D eigenvalue weighted by Crippen LogP contribution is 2.13. The van der Waals surface area contributed by atoms with Gasteiger partial charge in [0.1, 0.15) is 24.4 Å². The molecule has 0 spiro atoms. The smallest absolute Gasteiger partial charge is 0.329 e. The summed E-state index contributed by atoms with van der Waals surface area (Å²) in [5, 5.41) is 4.61. The summed E-state index contributed by atoms with van der Waals surface area (Å²) in [5.41, 5.74) is 0. The van der Waals surface area contributed by atoms with Crippen molar-refractivity contribution >= 4 is 45.6 Å². The molecule has 0 bridgehead atoms. The van der Waals surface area contributed by atoms with Gasteiger partial charge in [-0.3, -0.25) is 18.9 Å². The topological polar surface area (TPSA) is 165 Å². The Morgan fingerprint density at radius 2 is 1.35 bits per heavy atom. The van der Waals surface area contributed by atoms with Gasteiger partial charge in [0.25, 0.3) is 10.1 Å². The molecule has 0 aliphatic heterocycles. The summed E-state index contributed by atoms with van der Waals surface area (Å²) in [7, 11) is -3.57. The fourth-order valence-electron chi connectivity index (χ4n) is 4.00. The quantitative estimate of drug-likeness (QED) is 0.0786. The van der Waals surface area contributed by atoms with E-state index in [1.807, 2.05) is 0 Å². The van der Waals surface area contributed by atoms with Crippen LogP contribution in [-0.2, 0) is 38.8 Å². The summed E-state index contributed by atoms with van der Waals surface area (Å²) in [5.74, 6) is -3.27. The van der Waals surface area contributed by atoms with Crippen LogP contribution in [0.1, 0.15) is 104 Å². The third-order valence-corrected chi connectivity index (χ3v) is 7.91. The highest BCUT2D eigenvalue weighted by atomic mass is 32.2. The lowest BCUT2D eigenvalue weighted by atomic mass is 10.0. The Labute approximate surface area is 244 Å². The Hall–Kier alpha value is -1.86. The van der Waals surface area contributed by atoms with Crippen LogP contribution < -0.4 is 10.6 Å². The average molecular weight is 611 g/mol. The number of nitrogens with one attached hydrogen (secondary N) is 2. The van der Waals surface area contributed by atoms with Crippen LogP contribution in [0.5, 0.6) is 0 Å². The molecule has 0 aliphatic rings. The lowest BCUT2D eigenvalue weighted by molar-refractivity contribution is -0.144. The van der Waals surface area contributed by atoms with Crippen LogP contribution in [0.2, 0.25) is 0 Å². The molecule has 0 aromatic rings. The predicted octanol–water partition coefficient (Wildman–Crippen LogP) is 3.79. The number of carbonyl (C=O) groups excluding carboxylic acids is 4.